The number of fused-ring (bicyclic) bond motifs is 1. The van der Waals surface area contributed by atoms with E-state index < -0.39 is 5.97 Å². The number of carbonyl (C=O) groups is 1. The molecule has 2 rings (SSSR count). The van der Waals surface area contributed by atoms with Crippen LogP contribution >= 0.6 is 0 Å². The number of hydrogen-bond donors (Lipinski definition) is 2. The number of aliphatic carboxylic acids is 1. The van der Waals surface area contributed by atoms with E-state index in [-0.39, 0.29) is 18.7 Å². The topological polar surface area (TPSA) is 88.0 Å². The molecule has 0 amide bonds. The standard InChI is InChI=1S/C9H9N3O3/c13-7(14)3-5-12-6-2-1-4-10-8(6)11-9(12)15/h1-2,4H,3,5H2,(H,13,14)(H,10,11,15). The zero-order valence-electron chi connectivity index (χ0n) is 7.80. The number of nitrogens with one attached hydrogen (secondary N) is 1. The van der Waals surface area contributed by atoms with Crippen LogP contribution in [0.2, 0.25) is 0 Å². The highest BCUT2D eigenvalue weighted by molar-refractivity contribution is 5.71. The molecule has 2 aromatic heterocycles. The first-order valence-corrected chi connectivity index (χ1v) is 4.44. The van der Waals surface area contributed by atoms with Gasteiger partial charge < -0.3 is 5.11 Å². The zero-order chi connectivity index (χ0) is 10.8. The average Bonchev–Trinajstić information content (AvgIpc) is 2.50. The van der Waals surface area contributed by atoms with Crippen LogP contribution in [0.25, 0.3) is 11.2 Å². The van der Waals surface area contributed by atoms with Gasteiger partial charge >= 0.3 is 11.7 Å². The number of aromatic amines is 1. The molecule has 0 spiro atoms. The Kier molecular flexibility index (Phi) is 2.24. The van der Waals surface area contributed by atoms with Crippen molar-refractivity contribution in [1.29, 1.82) is 0 Å². The van der Waals surface area contributed by atoms with Crippen molar-refractivity contribution in [2.45, 2.75) is 13.0 Å². The van der Waals surface area contributed by atoms with Gasteiger partial charge in [0.05, 0.1) is 11.9 Å². The highest BCUT2D eigenvalue weighted by Crippen LogP contribution is 2.05. The SMILES string of the molecule is O=C(O)CCn1c(=O)[nH]c2ncccc21. The molecule has 0 fully saturated rings. The van der Waals surface area contributed by atoms with Crippen LogP contribution in [0.15, 0.2) is 23.1 Å². The largest absolute Gasteiger partial charge is 0.481 e. The fourth-order valence-corrected chi connectivity index (χ4v) is 1.42. The summed E-state index contributed by atoms with van der Waals surface area (Å²) in [4.78, 5) is 28.3. The van der Waals surface area contributed by atoms with Gasteiger partial charge in [0.15, 0.2) is 5.65 Å². The fourth-order valence-electron chi connectivity index (χ4n) is 1.42. The van der Waals surface area contributed by atoms with Crippen molar-refractivity contribution in [2.24, 2.45) is 0 Å². The predicted molar refractivity (Wildman–Crippen MR) is 52.6 cm³/mol. The van der Waals surface area contributed by atoms with E-state index in [1.165, 1.54) is 4.57 Å². The number of nitrogens with zero attached hydrogens (tertiary/aromatic N) is 2. The summed E-state index contributed by atoms with van der Waals surface area (Å²) in [6, 6.07) is 3.43. The van der Waals surface area contributed by atoms with E-state index in [9.17, 15) is 9.59 Å². The Bertz CT molecular complexity index is 555. The highest BCUT2D eigenvalue weighted by atomic mass is 16.4. The summed E-state index contributed by atoms with van der Waals surface area (Å²) >= 11 is 0. The first-order valence-electron chi connectivity index (χ1n) is 4.44. The lowest BCUT2D eigenvalue weighted by atomic mass is 10.4. The Labute approximate surface area is 84.2 Å². The molecule has 0 radical (unpaired) electrons. The maximum Gasteiger partial charge on any atom is 0.327 e. The van der Waals surface area contributed by atoms with E-state index in [1.54, 1.807) is 18.3 Å². The van der Waals surface area contributed by atoms with E-state index in [0.29, 0.717) is 11.2 Å². The third-order valence-electron chi connectivity index (χ3n) is 2.10. The number of carboxylic acid groups (broad SMARTS) is 1. The van der Waals surface area contributed by atoms with Crippen LogP contribution in [0.3, 0.4) is 0 Å². The lowest BCUT2D eigenvalue weighted by Crippen LogP contribution is -2.18. The molecule has 2 heterocycles. The van der Waals surface area contributed by atoms with Gasteiger partial charge in [-0.25, -0.2) is 9.78 Å². The van der Waals surface area contributed by atoms with Gasteiger partial charge in [0.2, 0.25) is 0 Å². The van der Waals surface area contributed by atoms with Gasteiger partial charge in [-0.05, 0) is 12.1 Å². The maximum absolute atomic E-state index is 11.4. The molecule has 0 atom stereocenters. The predicted octanol–water partition coefficient (Wildman–Crippen LogP) is 0.199. The van der Waals surface area contributed by atoms with Gasteiger partial charge in [-0.1, -0.05) is 0 Å². The van der Waals surface area contributed by atoms with Crippen molar-refractivity contribution in [2.75, 3.05) is 0 Å². The Morgan fingerprint density at radius 1 is 1.60 bits per heavy atom. The maximum atomic E-state index is 11.4. The summed E-state index contributed by atoms with van der Waals surface area (Å²) in [5.41, 5.74) is 0.779. The number of aryl methyl sites for hydroxylation is 1. The number of aromatic nitrogens is 3. The Morgan fingerprint density at radius 2 is 2.40 bits per heavy atom. The minimum Gasteiger partial charge on any atom is -0.481 e. The van der Waals surface area contributed by atoms with Crippen molar-refractivity contribution in [3.8, 4) is 0 Å². The molecule has 78 valence electrons. The van der Waals surface area contributed by atoms with Crippen LogP contribution in [0, 0.1) is 0 Å². The molecule has 0 unspecified atom stereocenters. The Morgan fingerprint density at radius 3 is 3.13 bits per heavy atom. The van der Waals surface area contributed by atoms with Crippen molar-refractivity contribution in [3.63, 3.8) is 0 Å². The Hall–Kier alpha value is -2.11. The number of carboxylic acids is 1. The second-order valence-electron chi connectivity index (χ2n) is 3.10. The van der Waals surface area contributed by atoms with E-state index in [1.807, 2.05) is 0 Å². The number of hydrogen-bond acceptors (Lipinski definition) is 3. The van der Waals surface area contributed by atoms with Gasteiger partial charge in [0, 0.05) is 12.7 Å². The van der Waals surface area contributed by atoms with E-state index in [4.69, 9.17) is 5.11 Å². The number of rotatable bonds is 3. The second kappa shape index (κ2) is 3.56. The third-order valence-corrected chi connectivity index (χ3v) is 2.10. The van der Waals surface area contributed by atoms with Crippen LogP contribution in [0.5, 0.6) is 0 Å². The lowest BCUT2D eigenvalue weighted by Gasteiger charge is -1.98. The molecule has 15 heavy (non-hydrogen) atoms. The van der Waals surface area contributed by atoms with E-state index in [2.05, 4.69) is 9.97 Å². The molecule has 0 bridgehead atoms. The summed E-state index contributed by atoms with van der Waals surface area (Å²) in [5.74, 6) is -0.930. The van der Waals surface area contributed by atoms with E-state index >= 15 is 0 Å². The summed E-state index contributed by atoms with van der Waals surface area (Å²) in [7, 11) is 0. The minimum atomic E-state index is -0.930. The summed E-state index contributed by atoms with van der Waals surface area (Å²) in [5, 5.41) is 8.53. The smallest absolute Gasteiger partial charge is 0.327 e. The van der Waals surface area contributed by atoms with Gasteiger partial charge in [-0.3, -0.25) is 14.3 Å². The van der Waals surface area contributed by atoms with Gasteiger partial charge in [-0.15, -0.1) is 0 Å². The zero-order valence-corrected chi connectivity index (χ0v) is 7.80. The lowest BCUT2D eigenvalue weighted by molar-refractivity contribution is -0.137. The fraction of sp³-hybridized carbons (Fsp3) is 0.222. The number of pyridine rings is 1. The van der Waals surface area contributed by atoms with Crippen LogP contribution < -0.4 is 5.69 Å². The quantitative estimate of drug-likeness (QED) is 0.752. The van der Waals surface area contributed by atoms with Crippen molar-refractivity contribution >= 4 is 17.1 Å². The summed E-state index contributed by atoms with van der Waals surface area (Å²) < 4.78 is 1.37. The summed E-state index contributed by atoms with van der Waals surface area (Å²) in [6.45, 7) is 0.153. The molecule has 0 saturated heterocycles. The summed E-state index contributed by atoms with van der Waals surface area (Å²) in [6.07, 6.45) is 1.49. The minimum absolute atomic E-state index is 0.0816. The molecule has 2 N–H and O–H groups in total. The van der Waals surface area contributed by atoms with Crippen LogP contribution in [-0.4, -0.2) is 25.6 Å². The molecule has 6 nitrogen and oxygen atoms in total. The molecule has 0 aliphatic heterocycles. The van der Waals surface area contributed by atoms with Crippen molar-refractivity contribution in [3.05, 3.63) is 28.8 Å². The van der Waals surface area contributed by atoms with Crippen molar-refractivity contribution < 1.29 is 9.90 Å². The molecule has 0 aliphatic rings. The van der Waals surface area contributed by atoms with Gasteiger partial charge in [-0.2, -0.15) is 0 Å². The first-order chi connectivity index (χ1) is 7.18. The molecular formula is C9H9N3O3. The van der Waals surface area contributed by atoms with Gasteiger partial charge in [0.1, 0.15) is 0 Å². The highest BCUT2D eigenvalue weighted by Gasteiger charge is 2.07. The normalized spacial score (nSPS) is 10.7. The monoisotopic (exact) mass is 207 g/mol. The average molecular weight is 207 g/mol. The molecule has 0 aromatic carbocycles. The van der Waals surface area contributed by atoms with Crippen molar-refractivity contribution in [1.82, 2.24) is 14.5 Å². The van der Waals surface area contributed by atoms with Crippen LogP contribution in [0.1, 0.15) is 6.42 Å². The molecular weight excluding hydrogens is 198 g/mol. The van der Waals surface area contributed by atoms with Crippen LogP contribution in [-0.2, 0) is 11.3 Å². The number of H-pyrrole nitrogens is 1. The molecule has 0 aliphatic carbocycles. The molecule has 0 saturated carbocycles. The molecule has 6 heteroatoms. The van der Waals surface area contributed by atoms with Crippen LogP contribution in [0.4, 0.5) is 0 Å². The Balaban J connectivity index is 2.45. The molecule has 2 aromatic rings. The van der Waals surface area contributed by atoms with E-state index in [0.717, 1.165) is 0 Å². The van der Waals surface area contributed by atoms with Gasteiger partial charge in [0.25, 0.3) is 0 Å². The first kappa shape index (κ1) is 9.45. The third kappa shape index (κ3) is 1.74. The number of imidazole rings is 1. The second-order valence-corrected chi connectivity index (χ2v) is 3.10.